The van der Waals surface area contributed by atoms with Crippen LogP contribution in [0.15, 0.2) is 72.0 Å². The summed E-state index contributed by atoms with van der Waals surface area (Å²) in [6.45, 7) is 2.41. The number of halogens is 3. The van der Waals surface area contributed by atoms with Gasteiger partial charge in [-0.2, -0.15) is 5.10 Å². The Morgan fingerprint density at radius 2 is 1.75 bits per heavy atom. The molecule has 0 spiro atoms. The van der Waals surface area contributed by atoms with E-state index in [-0.39, 0.29) is 5.56 Å². The lowest BCUT2D eigenvalue weighted by molar-refractivity contribution is 0.555. The van der Waals surface area contributed by atoms with Gasteiger partial charge in [0, 0.05) is 36.3 Å². The van der Waals surface area contributed by atoms with Crippen molar-refractivity contribution in [1.29, 1.82) is 0 Å². The molecular weight excluding hydrogens is 441 g/mol. The number of nitrogens with zero attached hydrogens (tertiary/aromatic N) is 3. The first-order valence-electron chi connectivity index (χ1n) is 9.54. The van der Waals surface area contributed by atoms with Crippen LogP contribution in [0.25, 0.3) is 22.4 Å². The molecule has 0 aliphatic rings. The molecule has 0 aliphatic heterocycles. The Hall–Kier alpha value is -3.66. The largest absolute Gasteiger partial charge is 0.277 e. The van der Waals surface area contributed by atoms with Gasteiger partial charge in [-0.05, 0) is 55.0 Å². The third-order valence-corrected chi connectivity index (χ3v) is 6.14. The summed E-state index contributed by atoms with van der Waals surface area (Å²) >= 11 is 0. The molecule has 0 fully saturated rings. The minimum atomic E-state index is -4.59. The molecule has 2 heterocycles. The molecular formula is C22H17F3N4O2S. The molecule has 0 saturated heterocycles. The van der Waals surface area contributed by atoms with Crippen LogP contribution >= 0.6 is 0 Å². The summed E-state index contributed by atoms with van der Waals surface area (Å²) in [4.78, 5) is 3.06. The van der Waals surface area contributed by atoms with E-state index < -0.39 is 38.1 Å². The Kier molecular flexibility index (Phi) is 5.70. The Morgan fingerprint density at radius 3 is 2.47 bits per heavy atom. The van der Waals surface area contributed by atoms with Gasteiger partial charge in [-0.1, -0.05) is 6.07 Å². The number of aromatic nitrogens is 3. The predicted molar refractivity (Wildman–Crippen MR) is 114 cm³/mol. The standard InChI is InChI=1S/C22H17F3N4O2S/c1-2-29-13-17(14-8-10-26-11-9-14)22(27-29)16-4-3-5-19(21(16)25)28-32(30,31)20-12-15(23)6-7-18(20)24/h3-13,28H,2H2,1H3. The van der Waals surface area contributed by atoms with Crippen LogP contribution in [0, 0.1) is 17.5 Å². The van der Waals surface area contributed by atoms with Gasteiger partial charge >= 0.3 is 0 Å². The molecule has 0 aliphatic carbocycles. The van der Waals surface area contributed by atoms with E-state index in [1.54, 1.807) is 35.4 Å². The molecule has 0 amide bonds. The molecule has 0 saturated carbocycles. The lowest BCUT2D eigenvalue weighted by Crippen LogP contribution is -2.16. The zero-order valence-corrected chi connectivity index (χ0v) is 17.6. The fourth-order valence-electron chi connectivity index (χ4n) is 3.20. The minimum Gasteiger partial charge on any atom is -0.277 e. The van der Waals surface area contributed by atoms with Gasteiger partial charge in [-0.25, -0.2) is 21.6 Å². The molecule has 0 atom stereocenters. The highest BCUT2D eigenvalue weighted by Gasteiger charge is 2.24. The Balaban J connectivity index is 1.79. The molecule has 0 unspecified atom stereocenters. The monoisotopic (exact) mass is 458 g/mol. The summed E-state index contributed by atoms with van der Waals surface area (Å²) in [5.41, 5.74) is 1.31. The highest BCUT2D eigenvalue weighted by atomic mass is 32.2. The first kappa shape index (κ1) is 21.6. The van der Waals surface area contributed by atoms with Crippen LogP contribution in [0.5, 0.6) is 0 Å². The second-order valence-electron chi connectivity index (χ2n) is 6.83. The Bertz CT molecular complexity index is 1390. The van der Waals surface area contributed by atoms with Crippen molar-refractivity contribution in [2.75, 3.05) is 4.72 Å². The maximum Gasteiger partial charge on any atom is 0.265 e. The van der Waals surface area contributed by atoms with E-state index in [0.717, 1.165) is 11.6 Å². The van der Waals surface area contributed by atoms with Gasteiger partial charge in [-0.3, -0.25) is 14.4 Å². The number of nitrogens with one attached hydrogen (secondary N) is 1. The zero-order chi connectivity index (χ0) is 22.9. The summed E-state index contributed by atoms with van der Waals surface area (Å²) in [5.74, 6) is -2.99. The van der Waals surface area contributed by atoms with Crippen LogP contribution in [0.3, 0.4) is 0 Å². The number of aryl methyl sites for hydroxylation is 1. The first-order chi connectivity index (χ1) is 15.3. The number of pyridine rings is 1. The molecule has 0 bridgehead atoms. The van der Waals surface area contributed by atoms with Crippen molar-refractivity contribution in [3.63, 3.8) is 0 Å². The fraction of sp³-hybridized carbons (Fsp3) is 0.0909. The number of anilines is 1. The van der Waals surface area contributed by atoms with Crippen molar-refractivity contribution in [1.82, 2.24) is 14.8 Å². The van der Waals surface area contributed by atoms with Gasteiger partial charge in [0.1, 0.15) is 22.2 Å². The van der Waals surface area contributed by atoms with Gasteiger partial charge in [0.2, 0.25) is 0 Å². The van der Waals surface area contributed by atoms with Crippen molar-refractivity contribution in [3.05, 3.63) is 84.6 Å². The van der Waals surface area contributed by atoms with E-state index in [0.29, 0.717) is 29.9 Å². The zero-order valence-electron chi connectivity index (χ0n) is 16.8. The number of benzene rings is 2. The smallest absolute Gasteiger partial charge is 0.265 e. The Morgan fingerprint density at radius 1 is 1.00 bits per heavy atom. The summed E-state index contributed by atoms with van der Waals surface area (Å²) in [6.07, 6.45) is 4.94. The average Bonchev–Trinajstić information content (AvgIpc) is 3.21. The second-order valence-corrected chi connectivity index (χ2v) is 8.48. The van der Waals surface area contributed by atoms with Crippen LogP contribution < -0.4 is 4.72 Å². The van der Waals surface area contributed by atoms with E-state index in [1.165, 1.54) is 18.2 Å². The fourth-order valence-corrected chi connectivity index (χ4v) is 4.35. The molecule has 2 aromatic carbocycles. The third-order valence-electron chi connectivity index (χ3n) is 4.76. The van der Waals surface area contributed by atoms with Crippen LogP contribution in [-0.4, -0.2) is 23.2 Å². The number of hydrogen-bond acceptors (Lipinski definition) is 4. The molecule has 164 valence electrons. The summed E-state index contributed by atoms with van der Waals surface area (Å²) in [5, 5.41) is 4.43. The number of rotatable bonds is 6. The highest BCUT2D eigenvalue weighted by molar-refractivity contribution is 7.92. The molecule has 6 nitrogen and oxygen atoms in total. The van der Waals surface area contributed by atoms with Gasteiger partial charge in [0.25, 0.3) is 10.0 Å². The van der Waals surface area contributed by atoms with Crippen LogP contribution in [0.1, 0.15) is 6.92 Å². The highest BCUT2D eigenvalue weighted by Crippen LogP contribution is 2.35. The second kappa shape index (κ2) is 8.46. The molecule has 4 aromatic rings. The molecule has 1 N–H and O–H groups in total. The minimum absolute atomic E-state index is 0.0453. The summed E-state index contributed by atoms with van der Waals surface area (Å²) < 4.78 is 71.7. The lowest BCUT2D eigenvalue weighted by Gasteiger charge is -2.12. The van der Waals surface area contributed by atoms with E-state index in [9.17, 15) is 17.2 Å². The van der Waals surface area contributed by atoms with Gasteiger partial charge < -0.3 is 0 Å². The molecule has 4 rings (SSSR count). The maximum absolute atomic E-state index is 15.4. The molecule has 10 heteroatoms. The molecule has 0 radical (unpaired) electrons. The van der Waals surface area contributed by atoms with Crippen molar-refractivity contribution < 1.29 is 21.6 Å². The molecule has 2 aromatic heterocycles. The van der Waals surface area contributed by atoms with Gasteiger partial charge in [-0.15, -0.1) is 0 Å². The van der Waals surface area contributed by atoms with Crippen LogP contribution in [0.2, 0.25) is 0 Å². The Labute approximate surface area is 182 Å². The van der Waals surface area contributed by atoms with E-state index in [4.69, 9.17) is 0 Å². The van der Waals surface area contributed by atoms with Crippen LogP contribution in [0.4, 0.5) is 18.9 Å². The summed E-state index contributed by atoms with van der Waals surface area (Å²) in [6, 6.07) is 9.60. The molecule has 32 heavy (non-hydrogen) atoms. The average molecular weight is 458 g/mol. The van der Waals surface area contributed by atoms with Crippen LogP contribution in [-0.2, 0) is 16.6 Å². The third kappa shape index (κ3) is 4.09. The topological polar surface area (TPSA) is 76.9 Å². The van der Waals surface area contributed by atoms with Gasteiger partial charge in [0.05, 0.1) is 5.69 Å². The summed E-state index contributed by atoms with van der Waals surface area (Å²) in [7, 11) is -4.59. The van der Waals surface area contributed by atoms with Crippen molar-refractivity contribution in [3.8, 4) is 22.4 Å². The quantitative estimate of drug-likeness (QED) is 0.448. The lowest BCUT2D eigenvalue weighted by atomic mass is 10.0. The number of hydrogen-bond donors (Lipinski definition) is 1. The SMILES string of the molecule is CCn1cc(-c2ccncc2)c(-c2cccc(NS(=O)(=O)c3cc(F)ccc3F)c2F)n1. The van der Waals surface area contributed by atoms with E-state index >= 15 is 4.39 Å². The van der Waals surface area contributed by atoms with Gasteiger partial charge in [0.15, 0.2) is 5.82 Å². The van der Waals surface area contributed by atoms with Crippen molar-refractivity contribution in [2.45, 2.75) is 18.4 Å². The van der Waals surface area contributed by atoms with Crippen molar-refractivity contribution in [2.24, 2.45) is 0 Å². The maximum atomic E-state index is 15.4. The van der Waals surface area contributed by atoms with Crippen molar-refractivity contribution >= 4 is 15.7 Å². The number of sulfonamides is 1. The first-order valence-corrected chi connectivity index (χ1v) is 11.0. The predicted octanol–water partition coefficient (Wildman–Crippen LogP) is 4.85. The van der Waals surface area contributed by atoms with E-state index in [2.05, 4.69) is 10.1 Å². The normalized spacial score (nSPS) is 11.5. The van der Waals surface area contributed by atoms with E-state index in [1.807, 2.05) is 11.6 Å².